The first-order valence-corrected chi connectivity index (χ1v) is 6.81. The van der Waals surface area contributed by atoms with Gasteiger partial charge in [-0.2, -0.15) is 5.26 Å². The summed E-state index contributed by atoms with van der Waals surface area (Å²) in [5.74, 6) is 0. The van der Waals surface area contributed by atoms with Gasteiger partial charge >= 0.3 is 0 Å². The minimum absolute atomic E-state index is 0.322. The lowest BCUT2D eigenvalue weighted by atomic mass is 9.87. The monoisotopic (exact) mass is 244 g/mol. The van der Waals surface area contributed by atoms with E-state index in [1.165, 1.54) is 25.7 Å². The minimum atomic E-state index is 0.322. The normalized spacial score (nSPS) is 11.0. The van der Waals surface area contributed by atoms with Gasteiger partial charge in [-0.1, -0.05) is 40.0 Å². The van der Waals surface area contributed by atoms with Crippen LogP contribution < -0.4 is 5.32 Å². The van der Waals surface area contributed by atoms with E-state index in [0.717, 1.165) is 12.2 Å². The van der Waals surface area contributed by atoms with Crippen LogP contribution in [-0.4, -0.2) is 6.54 Å². The van der Waals surface area contributed by atoms with Crippen molar-refractivity contribution in [1.82, 2.24) is 0 Å². The van der Waals surface area contributed by atoms with Gasteiger partial charge in [-0.25, -0.2) is 0 Å². The number of nitrogens with zero attached hydrogens (tertiary/aromatic N) is 1. The third-order valence-corrected chi connectivity index (χ3v) is 3.24. The highest BCUT2D eigenvalue weighted by molar-refractivity contribution is 5.47. The summed E-state index contributed by atoms with van der Waals surface area (Å²) in [6.45, 7) is 7.82. The quantitative estimate of drug-likeness (QED) is 0.713. The fraction of sp³-hybridized carbons (Fsp3) is 0.562. The Morgan fingerprint density at radius 2 is 1.83 bits per heavy atom. The van der Waals surface area contributed by atoms with Crippen molar-refractivity contribution in [2.75, 3.05) is 11.9 Å². The van der Waals surface area contributed by atoms with Crippen LogP contribution in [0.1, 0.15) is 52.0 Å². The molecular weight excluding hydrogens is 220 g/mol. The van der Waals surface area contributed by atoms with Gasteiger partial charge in [0.15, 0.2) is 0 Å². The van der Waals surface area contributed by atoms with Crippen LogP contribution in [0.2, 0.25) is 0 Å². The number of hydrogen-bond donors (Lipinski definition) is 1. The molecule has 98 valence electrons. The summed E-state index contributed by atoms with van der Waals surface area (Å²) in [4.78, 5) is 0. The van der Waals surface area contributed by atoms with Gasteiger partial charge in [-0.3, -0.25) is 0 Å². The number of rotatable bonds is 7. The summed E-state index contributed by atoms with van der Waals surface area (Å²) >= 11 is 0. The molecule has 0 amide bonds. The molecule has 0 atom stereocenters. The zero-order valence-corrected chi connectivity index (χ0v) is 11.8. The average molecular weight is 244 g/mol. The molecule has 2 nitrogen and oxygen atoms in total. The first-order valence-electron chi connectivity index (χ1n) is 6.81. The molecule has 0 saturated heterocycles. The number of hydrogen-bond acceptors (Lipinski definition) is 2. The zero-order chi connectivity index (χ0) is 13.4. The molecule has 1 aromatic rings. The predicted molar refractivity (Wildman–Crippen MR) is 77.6 cm³/mol. The lowest BCUT2D eigenvalue weighted by Crippen LogP contribution is -2.23. The molecular formula is C16H24N2. The molecule has 0 spiro atoms. The summed E-state index contributed by atoms with van der Waals surface area (Å²) in [5, 5.41) is 12.2. The summed E-state index contributed by atoms with van der Waals surface area (Å²) in [7, 11) is 0. The molecule has 0 fully saturated rings. The van der Waals surface area contributed by atoms with Crippen LogP contribution in [-0.2, 0) is 0 Å². The maximum Gasteiger partial charge on any atom is 0.0991 e. The van der Waals surface area contributed by atoms with E-state index in [0.29, 0.717) is 11.0 Å². The highest BCUT2D eigenvalue weighted by atomic mass is 14.9. The van der Waals surface area contributed by atoms with Crippen molar-refractivity contribution in [2.45, 2.75) is 46.5 Å². The topological polar surface area (TPSA) is 35.8 Å². The van der Waals surface area contributed by atoms with E-state index in [1.54, 1.807) is 0 Å². The second-order valence-electron chi connectivity index (χ2n) is 5.66. The first kappa shape index (κ1) is 14.6. The fourth-order valence-corrected chi connectivity index (χ4v) is 1.95. The predicted octanol–water partition coefficient (Wildman–Crippen LogP) is 4.58. The molecule has 0 aliphatic rings. The van der Waals surface area contributed by atoms with E-state index in [-0.39, 0.29) is 0 Å². The van der Waals surface area contributed by atoms with Crippen molar-refractivity contribution in [2.24, 2.45) is 5.41 Å². The molecule has 0 unspecified atom stereocenters. The fourth-order valence-electron chi connectivity index (χ4n) is 1.95. The maximum atomic E-state index is 8.74. The molecule has 2 heteroatoms. The molecule has 0 aliphatic heterocycles. The number of nitriles is 1. The molecule has 0 bridgehead atoms. The van der Waals surface area contributed by atoms with Gasteiger partial charge in [0.1, 0.15) is 0 Å². The van der Waals surface area contributed by atoms with Crippen LogP contribution in [0.5, 0.6) is 0 Å². The van der Waals surface area contributed by atoms with E-state index in [9.17, 15) is 0 Å². The number of unbranched alkanes of at least 4 members (excludes halogenated alkanes) is 2. The molecule has 0 aliphatic carbocycles. The highest BCUT2D eigenvalue weighted by Crippen LogP contribution is 2.24. The van der Waals surface area contributed by atoms with Crippen molar-refractivity contribution in [3.05, 3.63) is 29.8 Å². The van der Waals surface area contributed by atoms with Gasteiger partial charge in [0.05, 0.1) is 11.6 Å². The lowest BCUT2D eigenvalue weighted by Gasteiger charge is -2.25. The summed E-state index contributed by atoms with van der Waals surface area (Å²) in [5.41, 5.74) is 2.13. The van der Waals surface area contributed by atoms with Crippen molar-refractivity contribution in [1.29, 1.82) is 5.26 Å². The summed E-state index contributed by atoms with van der Waals surface area (Å²) in [6.07, 6.45) is 5.15. The van der Waals surface area contributed by atoms with Gasteiger partial charge in [0.25, 0.3) is 0 Å². The van der Waals surface area contributed by atoms with E-state index in [2.05, 4.69) is 32.2 Å². The Bertz CT molecular complexity index is 385. The molecule has 1 rings (SSSR count). The Kier molecular flexibility index (Phi) is 5.71. The Balaban J connectivity index is 2.40. The third kappa shape index (κ3) is 5.23. The van der Waals surface area contributed by atoms with E-state index in [4.69, 9.17) is 5.26 Å². The number of nitrogens with one attached hydrogen (secondary N) is 1. The molecule has 18 heavy (non-hydrogen) atoms. The Hall–Kier alpha value is -1.49. The zero-order valence-electron chi connectivity index (χ0n) is 11.8. The van der Waals surface area contributed by atoms with Gasteiger partial charge in [0.2, 0.25) is 0 Å². The van der Waals surface area contributed by atoms with Crippen LogP contribution in [0, 0.1) is 16.7 Å². The van der Waals surface area contributed by atoms with E-state index in [1.807, 2.05) is 24.3 Å². The van der Waals surface area contributed by atoms with Crippen LogP contribution in [0.15, 0.2) is 24.3 Å². The highest BCUT2D eigenvalue weighted by Gasteiger charge is 2.16. The standard InChI is InChI=1S/C16H24N2/c1-4-5-6-11-16(2,3)13-18-15-9-7-14(12-17)8-10-15/h7-10,18H,4-6,11,13H2,1-3H3. The van der Waals surface area contributed by atoms with Gasteiger partial charge in [-0.05, 0) is 36.1 Å². The number of benzene rings is 1. The third-order valence-electron chi connectivity index (χ3n) is 3.24. The van der Waals surface area contributed by atoms with Crippen molar-refractivity contribution < 1.29 is 0 Å². The molecule has 0 heterocycles. The second-order valence-corrected chi connectivity index (χ2v) is 5.66. The smallest absolute Gasteiger partial charge is 0.0991 e. The lowest BCUT2D eigenvalue weighted by molar-refractivity contribution is 0.342. The van der Waals surface area contributed by atoms with Crippen molar-refractivity contribution >= 4 is 5.69 Å². The Morgan fingerprint density at radius 1 is 1.17 bits per heavy atom. The van der Waals surface area contributed by atoms with Crippen LogP contribution in [0.4, 0.5) is 5.69 Å². The van der Waals surface area contributed by atoms with Crippen molar-refractivity contribution in [3.8, 4) is 6.07 Å². The van der Waals surface area contributed by atoms with Crippen LogP contribution >= 0.6 is 0 Å². The Morgan fingerprint density at radius 3 is 2.39 bits per heavy atom. The molecule has 0 saturated carbocycles. The van der Waals surface area contributed by atoms with Crippen LogP contribution in [0.3, 0.4) is 0 Å². The second kappa shape index (κ2) is 7.06. The summed E-state index contributed by atoms with van der Waals surface area (Å²) in [6, 6.07) is 9.79. The maximum absolute atomic E-state index is 8.74. The van der Waals surface area contributed by atoms with Crippen LogP contribution in [0.25, 0.3) is 0 Å². The van der Waals surface area contributed by atoms with Crippen molar-refractivity contribution in [3.63, 3.8) is 0 Å². The van der Waals surface area contributed by atoms with Gasteiger partial charge < -0.3 is 5.32 Å². The summed E-state index contributed by atoms with van der Waals surface area (Å²) < 4.78 is 0. The van der Waals surface area contributed by atoms with E-state index >= 15 is 0 Å². The van der Waals surface area contributed by atoms with E-state index < -0.39 is 0 Å². The first-order chi connectivity index (χ1) is 8.57. The minimum Gasteiger partial charge on any atom is -0.385 e. The van der Waals surface area contributed by atoms with Gasteiger partial charge in [0, 0.05) is 12.2 Å². The Labute approximate surface area is 111 Å². The molecule has 0 aromatic heterocycles. The molecule has 1 aromatic carbocycles. The largest absolute Gasteiger partial charge is 0.385 e. The molecule has 1 N–H and O–H groups in total. The van der Waals surface area contributed by atoms with Gasteiger partial charge in [-0.15, -0.1) is 0 Å². The molecule has 0 radical (unpaired) electrons. The SMILES string of the molecule is CCCCCC(C)(C)CNc1ccc(C#N)cc1. The average Bonchev–Trinajstić information content (AvgIpc) is 2.37. The number of anilines is 1.